The number of hydrogen-bond acceptors (Lipinski definition) is 3. The zero-order valence-electron chi connectivity index (χ0n) is 30.1. The highest BCUT2D eigenvalue weighted by Crippen LogP contribution is 2.46. The van der Waals surface area contributed by atoms with Gasteiger partial charge in [0.25, 0.3) is 0 Å². The fraction of sp³-hybridized carbons (Fsp3) is 0.0588. The fourth-order valence-corrected chi connectivity index (χ4v) is 7.33. The van der Waals surface area contributed by atoms with Crippen molar-refractivity contribution in [2.24, 2.45) is 0 Å². The Balaban J connectivity index is 1.29. The van der Waals surface area contributed by atoms with Crippen molar-refractivity contribution in [2.45, 2.75) is 13.3 Å². The Bertz CT molecular complexity index is 2660. The van der Waals surface area contributed by atoms with Crippen molar-refractivity contribution >= 4 is 33.1 Å². The molecule has 3 heteroatoms. The van der Waals surface area contributed by atoms with Gasteiger partial charge in [-0.05, 0) is 103 Å². The van der Waals surface area contributed by atoms with Crippen LogP contribution in [0, 0.1) is 0 Å². The van der Waals surface area contributed by atoms with Crippen molar-refractivity contribution in [3.63, 3.8) is 0 Å². The Kier molecular flexibility index (Phi) is 9.53. The van der Waals surface area contributed by atoms with Gasteiger partial charge in [0.1, 0.15) is 5.75 Å². The van der Waals surface area contributed by atoms with E-state index in [1.807, 2.05) is 84.9 Å². The van der Waals surface area contributed by atoms with Crippen molar-refractivity contribution < 1.29 is 14.3 Å². The van der Waals surface area contributed by atoms with Gasteiger partial charge in [0, 0.05) is 11.1 Å². The molecule has 8 rings (SSSR count). The average Bonchev–Trinajstić information content (AvgIpc) is 3.24. The predicted octanol–water partition coefficient (Wildman–Crippen LogP) is 13.0. The Morgan fingerprint density at radius 2 is 0.963 bits per heavy atom. The van der Waals surface area contributed by atoms with Gasteiger partial charge in [-0.15, -0.1) is 0 Å². The first-order chi connectivity index (χ1) is 26.5. The number of carbonyl (C=O) groups is 2. The maximum absolute atomic E-state index is 13.6. The van der Waals surface area contributed by atoms with Crippen molar-refractivity contribution in [2.75, 3.05) is 6.61 Å². The maximum Gasteiger partial charge on any atom is 0.196 e. The summed E-state index contributed by atoms with van der Waals surface area (Å²) < 4.78 is 5.89. The summed E-state index contributed by atoms with van der Waals surface area (Å²) in [5.74, 6) is 0.466. The Labute approximate surface area is 315 Å². The van der Waals surface area contributed by atoms with Gasteiger partial charge in [-0.3, -0.25) is 9.59 Å². The van der Waals surface area contributed by atoms with E-state index in [1.54, 1.807) is 0 Å². The van der Waals surface area contributed by atoms with Crippen LogP contribution >= 0.6 is 0 Å². The van der Waals surface area contributed by atoms with Crippen LogP contribution in [0.2, 0.25) is 0 Å². The summed E-state index contributed by atoms with van der Waals surface area (Å²) in [5.41, 5.74) is 10.6. The number of hydrogen-bond donors (Lipinski definition) is 0. The molecule has 0 aliphatic rings. The summed E-state index contributed by atoms with van der Waals surface area (Å²) in [6.45, 7) is 6.25. The zero-order valence-corrected chi connectivity index (χ0v) is 30.1. The van der Waals surface area contributed by atoms with E-state index in [9.17, 15) is 9.59 Å². The van der Waals surface area contributed by atoms with E-state index in [4.69, 9.17) is 4.74 Å². The molecule has 8 aromatic carbocycles. The van der Waals surface area contributed by atoms with Crippen LogP contribution in [0.4, 0.5) is 0 Å². The van der Waals surface area contributed by atoms with Crippen molar-refractivity contribution in [3.05, 3.63) is 199 Å². The summed E-state index contributed by atoms with van der Waals surface area (Å²) in [5, 5.41) is 4.59. The molecule has 0 unspecified atom stereocenters. The molecule has 0 aliphatic heterocycles. The van der Waals surface area contributed by atoms with Crippen LogP contribution in [0.25, 0.3) is 66.1 Å². The molecule has 0 radical (unpaired) electrons. The molecular formula is C51H38O3. The lowest BCUT2D eigenvalue weighted by atomic mass is 9.84. The second-order valence-corrected chi connectivity index (χ2v) is 13.4. The molecule has 0 bridgehead atoms. The van der Waals surface area contributed by atoms with E-state index in [0.29, 0.717) is 29.0 Å². The Hall–Kier alpha value is -6.84. The lowest BCUT2D eigenvalue weighted by Gasteiger charge is -2.19. The first-order valence-corrected chi connectivity index (χ1v) is 18.3. The lowest BCUT2D eigenvalue weighted by Crippen LogP contribution is -2.06. The normalized spacial score (nSPS) is 11.1. The van der Waals surface area contributed by atoms with Crippen LogP contribution in [0.1, 0.15) is 39.6 Å². The Morgan fingerprint density at radius 3 is 1.46 bits per heavy atom. The van der Waals surface area contributed by atoms with Crippen LogP contribution in [0.5, 0.6) is 5.75 Å². The number of ketones is 2. The van der Waals surface area contributed by atoms with E-state index in [1.165, 1.54) is 6.08 Å². The quantitative estimate of drug-likeness (QED) is 0.0767. The molecule has 0 amide bonds. The third kappa shape index (κ3) is 6.53. The van der Waals surface area contributed by atoms with E-state index in [2.05, 4.69) is 98.4 Å². The van der Waals surface area contributed by atoms with Crippen LogP contribution < -0.4 is 4.74 Å². The molecule has 0 atom stereocenters. The third-order valence-corrected chi connectivity index (χ3v) is 10.0. The smallest absolute Gasteiger partial charge is 0.196 e. The molecule has 0 aromatic heterocycles. The van der Waals surface area contributed by atoms with Crippen LogP contribution in [-0.4, -0.2) is 18.2 Å². The topological polar surface area (TPSA) is 43.4 Å². The molecule has 0 saturated heterocycles. The minimum atomic E-state index is -0.0899. The summed E-state index contributed by atoms with van der Waals surface area (Å²) >= 11 is 0. The Morgan fingerprint density at radius 1 is 0.500 bits per heavy atom. The largest absolute Gasteiger partial charge is 0.493 e. The van der Waals surface area contributed by atoms with Crippen molar-refractivity contribution in [1.82, 2.24) is 0 Å². The third-order valence-electron chi connectivity index (χ3n) is 10.0. The van der Waals surface area contributed by atoms with Gasteiger partial charge in [-0.1, -0.05) is 159 Å². The number of benzene rings is 8. The minimum Gasteiger partial charge on any atom is -0.493 e. The summed E-state index contributed by atoms with van der Waals surface area (Å²) in [7, 11) is 0. The molecule has 0 heterocycles. The number of allylic oxidation sites excluding steroid dienone is 1. The second kappa shape index (κ2) is 15.0. The highest BCUT2D eigenvalue weighted by molar-refractivity contribution is 6.22. The van der Waals surface area contributed by atoms with Gasteiger partial charge in [-0.25, -0.2) is 0 Å². The number of fused-ring (bicyclic) bond motifs is 2. The average molecular weight is 699 g/mol. The SMILES string of the molecule is C=CC(=O)c1ccc(-c2ccc3c(-c4ccccc4)c4cc(-c5ccc(C(=O)c6ccccc6OCCC)cc5)ccc4c(-c4ccccc4)c3c2)cc1. The van der Waals surface area contributed by atoms with Crippen LogP contribution in [0.3, 0.4) is 0 Å². The lowest BCUT2D eigenvalue weighted by molar-refractivity contribution is 0.103. The monoisotopic (exact) mass is 698 g/mol. The van der Waals surface area contributed by atoms with E-state index >= 15 is 0 Å². The van der Waals surface area contributed by atoms with Crippen molar-refractivity contribution in [3.8, 4) is 50.3 Å². The molecule has 8 aromatic rings. The molecule has 0 spiro atoms. The maximum atomic E-state index is 13.6. The summed E-state index contributed by atoms with van der Waals surface area (Å²) in [6, 6.07) is 57.6. The minimum absolute atomic E-state index is 0.0577. The molecule has 0 N–H and O–H groups in total. The first-order valence-electron chi connectivity index (χ1n) is 18.3. The van der Waals surface area contributed by atoms with E-state index < -0.39 is 0 Å². The van der Waals surface area contributed by atoms with Crippen molar-refractivity contribution in [1.29, 1.82) is 0 Å². The molecule has 3 nitrogen and oxygen atoms in total. The van der Waals surface area contributed by atoms with Crippen LogP contribution in [0.15, 0.2) is 183 Å². The molecule has 0 fully saturated rings. The number of para-hydroxylation sites is 1. The number of carbonyl (C=O) groups excluding carboxylic acids is 2. The van der Waals surface area contributed by atoms with Crippen LogP contribution in [-0.2, 0) is 0 Å². The standard InChI is InChI=1S/C51H38O3/c1-3-31-54-48-18-12-11-17-44(48)51(53)39-25-21-35(22-26-39)41-28-30-43-46(33-41)50(38-15-9-6-10-16-38)42-29-27-40(34-19-23-36(24-20-34)47(52)4-2)32-45(42)49(43)37-13-7-5-8-14-37/h4-30,32-33H,2-3,31H2,1H3. The predicted molar refractivity (Wildman–Crippen MR) is 223 cm³/mol. The highest BCUT2D eigenvalue weighted by Gasteiger charge is 2.19. The summed E-state index contributed by atoms with van der Waals surface area (Å²) in [4.78, 5) is 25.9. The number of ether oxygens (including phenoxy) is 1. The fourth-order valence-electron chi connectivity index (χ4n) is 7.33. The van der Waals surface area contributed by atoms with E-state index in [-0.39, 0.29) is 11.6 Å². The molecule has 0 aliphatic carbocycles. The molecule has 54 heavy (non-hydrogen) atoms. The number of rotatable bonds is 11. The first kappa shape index (κ1) is 34.3. The van der Waals surface area contributed by atoms with Gasteiger partial charge in [-0.2, -0.15) is 0 Å². The molecular weight excluding hydrogens is 661 g/mol. The van der Waals surface area contributed by atoms with Gasteiger partial charge in [0.2, 0.25) is 0 Å². The summed E-state index contributed by atoms with van der Waals surface area (Å²) in [6.07, 6.45) is 2.22. The van der Waals surface area contributed by atoms with E-state index in [0.717, 1.165) is 72.5 Å². The van der Waals surface area contributed by atoms with Gasteiger partial charge in [0.05, 0.1) is 12.2 Å². The zero-order chi connectivity index (χ0) is 37.0. The van der Waals surface area contributed by atoms with Gasteiger partial charge < -0.3 is 4.74 Å². The van der Waals surface area contributed by atoms with Gasteiger partial charge in [0.15, 0.2) is 11.6 Å². The highest BCUT2D eigenvalue weighted by atomic mass is 16.5. The molecule has 260 valence electrons. The van der Waals surface area contributed by atoms with Gasteiger partial charge >= 0.3 is 0 Å². The molecule has 0 saturated carbocycles. The second-order valence-electron chi connectivity index (χ2n) is 13.4.